The number of hydrogen-bond donors (Lipinski definition) is 1. The highest BCUT2D eigenvalue weighted by molar-refractivity contribution is 5.88. The molecule has 0 bridgehead atoms. The highest BCUT2D eigenvalue weighted by atomic mass is 16.2. The van der Waals surface area contributed by atoms with Gasteiger partial charge in [0.2, 0.25) is 5.91 Å². The second-order valence-electron chi connectivity index (χ2n) is 6.65. The zero-order valence-electron chi connectivity index (χ0n) is 13.6. The number of hydrogen-bond acceptors (Lipinski definition) is 3. The van der Waals surface area contributed by atoms with Gasteiger partial charge < -0.3 is 5.32 Å². The first-order valence-corrected chi connectivity index (χ1v) is 7.49. The summed E-state index contributed by atoms with van der Waals surface area (Å²) in [4.78, 5) is 23.8. The molecule has 118 valence electrons. The van der Waals surface area contributed by atoms with Crippen molar-refractivity contribution in [1.82, 2.24) is 15.1 Å². The van der Waals surface area contributed by atoms with E-state index in [1.54, 1.807) is 6.20 Å². The lowest BCUT2D eigenvalue weighted by Gasteiger charge is -2.29. The van der Waals surface area contributed by atoms with Crippen molar-refractivity contribution >= 4 is 22.6 Å². The van der Waals surface area contributed by atoms with Crippen molar-refractivity contribution in [1.29, 1.82) is 0 Å². The molecule has 0 radical (unpaired) electrons. The van der Waals surface area contributed by atoms with Gasteiger partial charge >= 0.3 is 0 Å². The van der Waals surface area contributed by atoms with E-state index in [1.807, 2.05) is 49.7 Å². The van der Waals surface area contributed by atoms with Gasteiger partial charge in [-0.3, -0.25) is 14.3 Å². The number of nitrogens with zero attached hydrogens (tertiary/aromatic N) is 2. The number of aromatic nitrogens is 2. The minimum Gasteiger partial charge on any atom is -0.346 e. The van der Waals surface area contributed by atoms with Gasteiger partial charge in [0.15, 0.2) is 5.78 Å². The van der Waals surface area contributed by atoms with E-state index in [-0.39, 0.29) is 17.1 Å². The van der Waals surface area contributed by atoms with Crippen LogP contribution in [0.25, 0.3) is 10.9 Å². The van der Waals surface area contributed by atoms with Gasteiger partial charge in [-0.15, -0.1) is 0 Å². The summed E-state index contributed by atoms with van der Waals surface area (Å²) in [6, 6.07) is 7.42. The molecule has 1 heterocycles. The number of para-hydroxylation sites is 1. The number of Topliss-reactive ketones (excluding diaryl/α,β-unsaturated/α-hetero) is 1. The van der Waals surface area contributed by atoms with E-state index in [4.69, 9.17) is 0 Å². The molecule has 2 rings (SSSR count). The van der Waals surface area contributed by atoms with Crippen molar-refractivity contribution in [2.75, 3.05) is 0 Å². The molecular formula is C17H23N3O2. The molecule has 0 aliphatic heterocycles. The summed E-state index contributed by atoms with van der Waals surface area (Å²) < 4.78 is 1.81. The van der Waals surface area contributed by atoms with E-state index >= 15 is 0 Å². The van der Waals surface area contributed by atoms with Crippen LogP contribution in [0, 0.1) is 5.41 Å². The number of aryl methyl sites for hydroxylation is 1. The van der Waals surface area contributed by atoms with Gasteiger partial charge in [0, 0.05) is 11.8 Å². The molecule has 0 aliphatic rings. The van der Waals surface area contributed by atoms with E-state index in [0.29, 0.717) is 13.0 Å². The average Bonchev–Trinajstić information content (AvgIpc) is 2.84. The first kappa shape index (κ1) is 16.2. The quantitative estimate of drug-likeness (QED) is 0.923. The highest BCUT2D eigenvalue weighted by Crippen LogP contribution is 2.20. The maximum Gasteiger partial charge on any atom is 0.222 e. The molecule has 0 saturated heterocycles. The van der Waals surface area contributed by atoms with Crippen molar-refractivity contribution in [3.63, 3.8) is 0 Å². The van der Waals surface area contributed by atoms with Crippen LogP contribution in [-0.2, 0) is 16.1 Å². The van der Waals surface area contributed by atoms with Gasteiger partial charge in [0.25, 0.3) is 0 Å². The second kappa shape index (κ2) is 6.30. The maximum atomic E-state index is 12.1. The van der Waals surface area contributed by atoms with E-state index in [2.05, 4.69) is 10.4 Å². The monoisotopic (exact) mass is 301 g/mol. The number of fused-ring (bicyclic) bond motifs is 1. The summed E-state index contributed by atoms with van der Waals surface area (Å²) >= 11 is 0. The number of benzene rings is 1. The summed E-state index contributed by atoms with van der Waals surface area (Å²) in [6.07, 6.45) is 2.09. The SMILES string of the molecule is CC(=O)C(NC(=O)CCn1ncc2ccccc21)C(C)(C)C. The van der Waals surface area contributed by atoms with Gasteiger partial charge in [-0.05, 0) is 18.4 Å². The van der Waals surface area contributed by atoms with Crippen LogP contribution in [0.15, 0.2) is 30.5 Å². The van der Waals surface area contributed by atoms with Gasteiger partial charge in [0.1, 0.15) is 0 Å². The Balaban J connectivity index is 1.99. The molecule has 5 heteroatoms. The summed E-state index contributed by atoms with van der Waals surface area (Å²) in [7, 11) is 0. The summed E-state index contributed by atoms with van der Waals surface area (Å²) in [5.41, 5.74) is 0.717. The number of carbonyl (C=O) groups is 2. The van der Waals surface area contributed by atoms with Gasteiger partial charge in [-0.2, -0.15) is 5.10 Å². The molecule has 0 saturated carbocycles. The molecule has 1 aromatic carbocycles. The molecule has 1 atom stereocenters. The Kier molecular flexibility index (Phi) is 4.64. The lowest BCUT2D eigenvalue weighted by atomic mass is 9.84. The number of carbonyl (C=O) groups excluding carboxylic acids is 2. The van der Waals surface area contributed by atoms with Crippen LogP contribution in [0.3, 0.4) is 0 Å². The zero-order valence-corrected chi connectivity index (χ0v) is 13.6. The third kappa shape index (κ3) is 3.72. The summed E-state index contributed by atoms with van der Waals surface area (Å²) in [5, 5.41) is 8.19. The Hall–Kier alpha value is -2.17. The fourth-order valence-electron chi connectivity index (χ4n) is 2.57. The molecule has 5 nitrogen and oxygen atoms in total. The Labute approximate surface area is 130 Å². The van der Waals surface area contributed by atoms with Gasteiger partial charge in [0.05, 0.1) is 24.3 Å². The predicted molar refractivity (Wildman–Crippen MR) is 86.4 cm³/mol. The lowest BCUT2D eigenvalue weighted by Crippen LogP contribution is -2.48. The molecule has 22 heavy (non-hydrogen) atoms. The number of rotatable bonds is 5. The molecule has 0 fully saturated rings. The fraction of sp³-hybridized carbons (Fsp3) is 0.471. The van der Waals surface area contributed by atoms with Crippen molar-refractivity contribution in [2.45, 2.75) is 46.7 Å². The van der Waals surface area contributed by atoms with Crippen LogP contribution in [0.1, 0.15) is 34.1 Å². The second-order valence-corrected chi connectivity index (χ2v) is 6.65. The van der Waals surface area contributed by atoms with Crippen molar-refractivity contribution in [3.05, 3.63) is 30.5 Å². The Morgan fingerprint density at radius 3 is 2.59 bits per heavy atom. The normalized spacial score (nSPS) is 13.1. The van der Waals surface area contributed by atoms with Crippen LogP contribution in [-0.4, -0.2) is 27.5 Å². The average molecular weight is 301 g/mol. The van der Waals surface area contributed by atoms with E-state index < -0.39 is 6.04 Å². The Morgan fingerprint density at radius 2 is 1.95 bits per heavy atom. The number of ketones is 1. The summed E-state index contributed by atoms with van der Waals surface area (Å²) in [5.74, 6) is -0.153. The maximum absolute atomic E-state index is 12.1. The topological polar surface area (TPSA) is 64.0 Å². The molecule has 1 unspecified atom stereocenters. The highest BCUT2D eigenvalue weighted by Gasteiger charge is 2.29. The van der Waals surface area contributed by atoms with Crippen LogP contribution in [0.2, 0.25) is 0 Å². The number of nitrogens with one attached hydrogen (secondary N) is 1. The molecule has 0 spiro atoms. The smallest absolute Gasteiger partial charge is 0.222 e. The van der Waals surface area contributed by atoms with Crippen LogP contribution < -0.4 is 5.32 Å². The van der Waals surface area contributed by atoms with E-state index in [1.165, 1.54) is 6.92 Å². The lowest BCUT2D eigenvalue weighted by molar-refractivity contribution is -0.129. The molecule has 0 aliphatic carbocycles. The largest absolute Gasteiger partial charge is 0.346 e. The van der Waals surface area contributed by atoms with Crippen molar-refractivity contribution in [2.24, 2.45) is 5.41 Å². The molecule has 1 N–H and O–H groups in total. The minimum absolute atomic E-state index is 0.0228. The van der Waals surface area contributed by atoms with E-state index in [0.717, 1.165) is 10.9 Å². The molecule has 2 aromatic rings. The third-order valence-electron chi connectivity index (χ3n) is 3.68. The van der Waals surface area contributed by atoms with Crippen LogP contribution in [0.5, 0.6) is 0 Å². The Morgan fingerprint density at radius 1 is 1.27 bits per heavy atom. The van der Waals surface area contributed by atoms with Gasteiger partial charge in [-0.1, -0.05) is 39.0 Å². The standard InChI is InChI=1S/C17H23N3O2/c1-12(21)16(17(2,3)4)19-15(22)9-10-20-14-8-6-5-7-13(14)11-18-20/h5-8,11,16H,9-10H2,1-4H3,(H,19,22). The third-order valence-corrected chi connectivity index (χ3v) is 3.68. The fourth-order valence-corrected chi connectivity index (χ4v) is 2.57. The summed E-state index contributed by atoms with van der Waals surface area (Å²) in [6.45, 7) is 7.84. The minimum atomic E-state index is -0.464. The first-order valence-electron chi connectivity index (χ1n) is 7.49. The van der Waals surface area contributed by atoms with Gasteiger partial charge in [-0.25, -0.2) is 0 Å². The molecular weight excluding hydrogens is 278 g/mol. The van der Waals surface area contributed by atoms with Crippen molar-refractivity contribution < 1.29 is 9.59 Å². The predicted octanol–water partition coefficient (Wildman–Crippen LogP) is 2.55. The molecule has 1 amide bonds. The van der Waals surface area contributed by atoms with E-state index in [9.17, 15) is 9.59 Å². The van der Waals surface area contributed by atoms with Crippen LogP contribution in [0.4, 0.5) is 0 Å². The first-order chi connectivity index (χ1) is 10.3. The zero-order chi connectivity index (χ0) is 16.3. The number of amides is 1. The Bertz CT molecular complexity index is 683. The molecule has 1 aromatic heterocycles. The van der Waals surface area contributed by atoms with Crippen molar-refractivity contribution in [3.8, 4) is 0 Å². The van der Waals surface area contributed by atoms with Crippen LogP contribution >= 0.6 is 0 Å².